The van der Waals surface area contributed by atoms with E-state index in [0.717, 1.165) is 28.4 Å². The van der Waals surface area contributed by atoms with Gasteiger partial charge in [0.15, 0.2) is 5.13 Å². The quantitative estimate of drug-likeness (QED) is 0.376. The van der Waals surface area contributed by atoms with E-state index in [1.54, 1.807) is 23.6 Å². The van der Waals surface area contributed by atoms with E-state index in [1.165, 1.54) is 44.4 Å². The lowest BCUT2D eigenvalue weighted by molar-refractivity contribution is -0.137. The second kappa shape index (κ2) is 10.3. The molecule has 1 N–H and O–H groups in total. The van der Waals surface area contributed by atoms with E-state index in [9.17, 15) is 27.6 Å². The van der Waals surface area contributed by atoms with Gasteiger partial charge in [-0.3, -0.25) is 14.5 Å². The fraction of sp³-hybridized carbons (Fsp3) is 0.130. The number of hydrogen-bond acceptors (Lipinski definition) is 6. The van der Waals surface area contributed by atoms with E-state index >= 15 is 0 Å². The average Bonchev–Trinajstić information content (AvgIpc) is 3.25. The van der Waals surface area contributed by atoms with Gasteiger partial charge in [-0.1, -0.05) is 18.2 Å². The SMILES string of the molecule is COC(=O)c1ccccc1NC(=O)/C=C/c1csc(N(C(C)=O)c2cccc(C(F)(F)F)c2)n1. The first-order chi connectivity index (χ1) is 16.1. The molecule has 0 radical (unpaired) electrons. The standard InChI is InChI=1S/C23H18F3N3O4S/c1-14(30)29(17-7-5-6-15(12-17)23(24,25)26)22-27-16(13-34-22)10-11-20(31)28-19-9-4-3-8-18(19)21(32)33-2/h3-13H,1-2H3,(H,28,31)/b11-10+. The molecule has 34 heavy (non-hydrogen) atoms. The van der Waals surface area contributed by atoms with E-state index in [4.69, 9.17) is 0 Å². The molecule has 3 rings (SSSR count). The van der Waals surface area contributed by atoms with Gasteiger partial charge in [0, 0.05) is 18.4 Å². The van der Waals surface area contributed by atoms with E-state index in [-0.39, 0.29) is 22.1 Å². The highest BCUT2D eigenvalue weighted by Gasteiger charge is 2.31. The Labute approximate surface area is 196 Å². The number of benzene rings is 2. The molecule has 11 heteroatoms. The molecule has 0 saturated heterocycles. The van der Waals surface area contributed by atoms with Gasteiger partial charge in [0.05, 0.1) is 35.3 Å². The van der Waals surface area contributed by atoms with Crippen LogP contribution < -0.4 is 10.2 Å². The van der Waals surface area contributed by atoms with Crippen molar-refractivity contribution in [3.63, 3.8) is 0 Å². The highest BCUT2D eigenvalue weighted by atomic mass is 32.1. The monoisotopic (exact) mass is 489 g/mol. The topological polar surface area (TPSA) is 88.6 Å². The van der Waals surface area contributed by atoms with E-state index in [2.05, 4.69) is 15.0 Å². The maximum atomic E-state index is 13.1. The molecule has 0 fully saturated rings. The Balaban J connectivity index is 1.79. The maximum absolute atomic E-state index is 13.1. The van der Waals surface area contributed by atoms with Crippen molar-refractivity contribution in [1.82, 2.24) is 4.98 Å². The van der Waals surface area contributed by atoms with Crippen molar-refractivity contribution in [2.45, 2.75) is 13.1 Å². The molecule has 1 heterocycles. The summed E-state index contributed by atoms with van der Waals surface area (Å²) >= 11 is 1.03. The Bertz CT molecular complexity index is 1250. The molecule has 0 spiro atoms. The first-order valence-corrected chi connectivity index (χ1v) is 10.6. The maximum Gasteiger partial charge on any atom is 0.416 e. The fourth-order valence-corrected chi connectivity index (χ4v) is 3.77. The van der Waals surface area contributed by atoms with Crippen LogP contribution >= 0.6 is 11.3 Å². The first-order valence-electron chi connectivity index (χ1n) is 9.70. The number of esters is 1. The van der Waals surface area contributed by atoms with Crippen LogP contribution in [0.4, 0.5) is 29.7 Å². The summed E-state index contributed by atoms with van der Waals surface area (Å²) in [5.41, 5.74) is -0.119. The van der Waals surface area contributed by atoms with Gasteiger partial charge in [0.1, 0.15) is 0 Å². The van der Waals surface area contributed by atoms with Crippen molar-refractivity contribution in [1.29, 1.82) is 0 Å². The van der Waals surface area contributed by atoms with Crippen LogP contribution in [-0.2, 0) is 20.5 Å². The van der Waals surface area contributed by atoms with Crippen LogP contribution in [0.3, 0.4) is 0 Å². The number of aromatic nitrogens is 1. The number of anilines is 3. The number of carbonyl (C=O) groups excluding carboxylic acids is 3. The Kier molecular flexibility index (Phi) is 7.47. The third kappa shape index (κ3) is 5.87. The molecule has 7 nitrogen and oxygen atoms in total. The summed E-state index contributed by atoms with van der Waals surface area (Å²) in [6.45, 7) is 1.21. The number of nitrogens with one attached hydrogen (secondary N) is 1. The molecule has 2 amide bonds. The molecular weight excluding hydrogens is 471 g/mol. The normalized spacial score (nSPS) is 11.3. The molecule has 2 aromatic carbocycles. The van der Waals surface area contributed by atoms with Crippen LogP contribution in [0.15, 0.2) is 60.0 Å². The fourth-order valence-electron chi connectivity index (χ4n) is 2.92. The van der Waals surface area contributed by atoms with Gasteiger partial charge in [0.2, 0.25) is 11.8 Å². The lowest BCUT2D eigenvalue weighted by atomic mass is 10.2. The van der Waals surface area contributed by atoms with Crippen LogP contribution in [0.5, 0.6) is 0 Å². The average molecular weight is 489 g/mol. The molecule has 3 aromatic rings. The Morgan fingerprint density at radius 2 is 1.85 bits per heavy atom. The zero-order valence-corrected chi connectivity index (χ0v) is 18.7. The number of carbonyl (C=O) groups is 3. The number of amides is 2. The van der Waals surface area contributed by atoms with Gasteiger partial charge in [0.25, 0.3) is 0 Å². The van der Waals surface area contributed by atoms with Gasteiger partial charge in [-0.25, -0.2) is 9.78 Å². The van der Waals surface area contributed by atoms with Crippen LogP contribution in [-0.4, -0.2) is 29.9 Å². The number of hydrogen-bond donors (Lipinski definition) is 1. The summed E-state index contributed by atoms with van der Waals surface area (Å²) in [6, 6.07) is 10.7. The second-order valence-electron chi connectivity index (χ2n) is 6.82. The van der Waals surface area contributed by atoms with Crippen molar-refractivity contribution < 1.29 is 32.3 Å². The predicted molar refractivity (Wildman–Crippen MR) is 122 cm³/mol. The minimum absolute atomic E-state index is 0.0179. The van der Waals surface area contributed by atoms with Crippen LogP contribution in [0, 0.1) is 0 Å². The van der Waals surface area contributed by atoms with Gasteiger partial charge < -0.3 is 10.1 Å². The highest BCUT2D eigenvalue weighted by molar-refractivity contribution is 7.14. The van der Waals surface area contributed by atoms with Gasteiger partial charge in [-0.05, 0) is 36.4 Å². The highest BCUT2D eigenvalue weighted by Crippen LogP contribution is 2.35. The number of ether oxygens (including phenoxy) is 1. The number of rotatable bonds is 6. The van der Waals surface area contributed by atoms with Gasteiger partial charge >= 0.3 is 12.1 Å². The van der Waals surface area contributed by atoms with Crippen molar-refractivity contribution >= 4 is 51.7 Å². The van der Waals surface area contributed by atoms with Gasteiger partial charge in [-0.2, -0.15) is 13.2 Å². The third-order valence-corrected chi connectivity index (χ3v) is 5.29. The molecule has 0 unspecified atom stereocenters. The number of nitrogens with zero attached hydrogens (tertiary/aromatic N) is 2. The van der Waals surface area contributed by atoms with Crippen molar-refractivity contribution in [3.8, 4) is 0 Å². The Hall–Kier alpha value is -3.99. The molecule has 176 valence electrons. The number of para-hydroxylation sites is 1. The van der Waals surface area contributed by atoms with E-state index in [1.807, 2.05) is 0 Å². The Morgan fingerprint density at radius 1 is 1.12 bits per heavy atom. The number of alkyl halides is 3. The number of thiazole rings is 1. The zero-order valence-electron chi connectivity index (χ0n) is 17.9. The summed E-state index contributed by atoms with van der Waals surface area (Å²) in [6.07, 6.45) is -2.01. The lowest BCUT2D eigenvalue weighted by Crippen LogP contribution is -2.23. The summed E-state index contributed by atoms with van der Waals surface area (Å²) < 4.78 is 43.9. The van der Waals surface area contributed by atoms with Crippen LogP contribution in [0.25, 0.3) is 6.08 Å². The molecule has 0 aliphatic carbocycles. The van der Waals surface area contributed by atoms with Crippen molar-refractivity contribution in [2.24, 2.45) is 0 Å². The summed E-state index contributed by atoms with van der Waals surface area (Å²) in [7, 11) is 1.23. The molecule has 0 saturated carbocycles. The van der Waals surface area contributed by atoms with Crippen LogP contribution in [0.2, 0.25) is 0 Å². The second-order valence-corrected chi connectivity index (χ2v) is 7.65. The minimum atomic E-state index is -4.56. The molecule has 0 aliphatic heterocycles. The zero-order chi connectivity index (χ0) is 24.9. The van der Waals surface area contributed by atoms with Crippen molar-refractivity contribution in [3.05, 3.63) is 76.8 Å². The minimum Gasteiger partial charge on any atom is -0.465 e. The molecule has 0 bridgehead atoms. The summed E-state index contributed by atoms with van der Waals surface area (Å²) in [4.78, 5) is 41.6. The van der Waals surface area contributed by atoms with E-state index in [0.29, 0.717) is 5.69 Å². The first kappa shape index (κ1) is 24.6. The van der Waals surface area contributed by atoms with Crippen molar-refractivity contribution in [2.75, 3.05) is 17.3 Å². The molecule has 0 aliphatic rings. The number of halogens is 3. The molecule has 1 aromatic heterocycles. The third-order valence-electron chi connectivity index (χ3n) is 4.44. The summed E-state index contributed by atoms with van der Waals surface area (Å²) in [5.74, 6) is -1.68. The molecule has 0 atom stereocenters. The summed E-state index contributed by atoms with van der Waals surface area (Å²) in [5, 5.41) is 4.26. The van der Waals surface area contributed by atoms with Crippen LogP contribution in [0.1, 0.15) is 28.5 Å². The molecular formula is C23H18F3N3O4S. The predicted octanol–water partition coefficient (Wildman–Crippen LogP) is 5.29. The Morgan fingerprint density at radius 3 is 2.53 bits per heavy atom. The van der Waals surface area contributed by atoms with E-state index < -0.39 is 29.5 Å². The largest absolute Gasteiger partial charge is 0.465 e. The smallest absolute Gasteiger partial charge is 0.416 e. The lowest BCUT2D eigenvalue weighted by Gasteiger charge is -2.19. The van der Waals surface area contributed by atoms with Gasteiger partial charge in [-0.15, -0.1) is 11.3 Å². The number of methoxy groups -OCH3 is 1.